The van der Waals surface area contributed by atoms with Crippen LogP contribution < -0.4 is 4.74 Å². The Labute approximate surface area is 143 Å². The fourth-order valence-electron chi connectivity index (χ4n) is 3.38. The lowest BCUT2D eigenvalue weighted by Gasteiger charge is -2.25. The molecule has 1 aromatic heterocycles. The molecule has 5 nitrogen and oxygen atoms in total. The molecule has 24 heavy (non-hydrogen) atoms. The van der Waals surface area contributed by atoms with Gasteiger partial charge in [0.2, 0.25) is 0 Å². The molecular weight excluding hydrogens is 304 g/mol. The number of rotatable bonds is 6. The molecule has 1 amide bonds. The number of amides is 1. The van der Waals surface area contributed by atoms with E-state index < -0.39 is 0 Å². The zero-order valence-corrected chi connectivity index (χ0v) is 14.7. The summed E-state index contributed by atoms with van der Waals surface area (Å²) < 4.78 is 13.0. The molecule has 0 bridgehead atoms. The van der Waals surface area contributed by atoms with Crippen LogP contribution in [0.5, 0.6) is 5.75 Å². The zero-order valence-electron chi connectivity index (χ0n) is 14.7. The summed E-state index contributed by atoms with van der Waals surface area (Å²) in [6, 6.07) is 7.85. The van der Waals surface area contributed by atoms with Crippen molar-refractivity contribution in [3.63, 3.8) is 0 Å². The van der Waals surface area contributed by atoms with E-state index in [9.17, 15) is 4.79 Å². The molecule has 0 aliphatic carbocycles. The van der Waals surface area contributed by atoms with Crippen LogP contribution in [0.4, 0.5) is 0 Å². The van der Waals surface area contributed by atoms with Crippen LogP contribution in [0.1, 0.15) is 36.7 Å². The highest BCUT2D eigenvalue weighted by Crippen LogP contribution is 2.25. The number of hydrogen-bond donors (Lipinski definition) is 0. The Bertz CT molecular complexity index is 717. The van der Waals surface area contributed by atoms with Gasteiger partial charge in [-0.3, -0.25) is 4.79 Å². The summed E-state index contributed by atoms with van der Waals surface area (Å²) in [5.74, 6) is 0.873. The summed E-state index contributed by atoms with van der Waals surface area (Å²) in [4.78, 5) is 15.0. The van der Waals surface area contributed by atoms with E-state index in [2.05, 4.69) is 6.92 Å². The Hall–Kier alpha value is -2.01. The number of methoxy groups -OCH3 is 1. The minimum absolute atomic E-state index is 0.0741. The number of hydrogen-bond acceptors (Lipinski definition) is 3. The van der Waals surface area contributed by atoms with Gasteiger partial charge in [0.25, 0.3) is 5.91 Å². The van der Waals surface area contributed by atoms with E-state index in [1.165, 1.54) is 0 Å². The first-order chi connectivity index (χ1) is 11.6. The third-order valence-electron chi connectivity index (χ3n) is 4.70. The molecule has 0 radical (unpaired) electrons. The topological polar surface area (TPSA) is 43.7 Å². The predicted octanol–water partition coefficient (Wildman–Crippen LogP) is 3.22. The first kappa shape index (κ1) is 16.8. The molecule has 1 fully saturated rings. The van der Waals surface area contributed by atoms with Gasteiger partial charge in [0.1, 0.15) is 11.4 Å². The quantitative estimate of drug-likeness (QED) is 0.817. The summed E-state index contributed by atoms with van der Waals surface area (Å²) in [6.07, 6.45) is 3.25. The van der Waals surface area contributed by atoms with Crippen molar-refractivity contribution in [2.75, 3.05) is 26.8 Å². The molecule has 1 aliphatic heterocycles. The van der Waals surface area contributed by atoms with Crippen LogP contribution in [0.2, 0.25) is 0 Å². The normalized spacial score (nSPS) is 17.4. The van der Waals surface area contributed by atoms with Crippen LogP contribution in [0.3, 0.4) is 0 Å². The van der Waals surface area contributed by atoms with Crippen LogP contribution in [-0.4, -0.2) is 48.3 Å². The number of nitrogens with zero attached hydrogens (tertiary/aromatic N) is 2. The first-order valence-corrected chi connectivity index (χ1v) is 8.68. The third kappa shape index (κ3) is 3.26. The molecule has 0 unspecified atom stereocenters. The van der Waals surface area contributed by atoms with E-state index in [-0.39, 0.29) is 12.0 Å². The van der Waals surface area contributed by atoms with Gasteiger partial charge in [0.15, 0.2) is 0 Å². The smallest absolute Gasteiger partial charge is 0.270 e. The Balaban J connectivity index is 1.88. The molecule has 1 aliphatic rings. The highest BCUT2D eigenvalue weighted by molar-refractivity contribution is 5.99. The summed E-state index contributed by atoms with van der Waals surface area (Å²) in [5, 5.41) is 1.05. The Morgan fingerprint density at radius 2 is 2.25 bits per heavy atom. The van der Waals surface area contributed by atoms with Crippen molar-refractivity contribution in [1.82, 2.24) is 9.47 Å². The number of carbonyl (C=O) groups excluding carboxylic acids is 1. The largest absolute Gasteiger partial charge is 0.497 e. The average molecular weight is 330 g/mol. The molecular formula is C19H26N2O3. The van der Waals surface area contributed by atoms with E-state index in [1.54, 1.807) is 7.11 Å². The maximum absolute atomic E-state index is 13.1. The summed E-state index contributed by atoms with van der Waals surface area (Å²) >= 11 is 0. The van der Waals surface area contributed by atoms with E-state index in [0.29, 0.717) is 12.2 Å². The summed E-state index contributed by atoms with van der Waals surface area (Å²) in [6.45, 7) is 4.34. The minimum Gasteiger partial charge on any atom is -0.497 e. The summed E-state index contributed by atoms with van der Waals surface area (Å²) in [7, 11) is 3.59. The van der Waals surface area contributed by atoms with Gasteiger partial charge in [0, 0.05) is 38.2 Å². The number of fused-ring (bicyclic) bond motifs is 1. The van der Waals surface area contributed by atoms with Crippen molar-refractivity contribution in [3.8, 4) is 5.75 Å². The lowest BCUT2D eigenvalue weighted by Crippen LogP contribution is -2.38. The molecule has 2 aromatic rings. The SMILES string of the molecule is CCCN(C[C@@H]1CCCO1)C(=O)c1cc2ccc(OC)cc2n1C. The Morgan fingerprint density at radius 3 is 2.92 bits per heavy atom. The van der Waals surface area contributed by atoms with Crippen molar-refractivity contribution in [2.45, 2.75) is 32.3 Å². The molecule has 3 rings (SSSR count). The van der Waals surface area contributed by atoms with E-state index in [0.717, 1.165) is 49.1 Å². The highest BCUT2D eigenvalue weighted by Gasteiger charge is 2.25. The second-order valence-corrected chi connectivity index (χ2v) is 6.40. The van der Waals surface area contributed by atoms with Gasteiger partial charge in [0.05, 0.1) is 18.7 Å². The molecule has 0 spiro atoms. The molecule has 5 heteroatoms. The van der Waals surface area contributed by atoms with Crippen LogP contribution in [0.15, 0.2) is 24.3 Å². The number of aryl methyl sites for hydroxylation is 1. The maximum atomic E-state index is 13.1. The fourth-order valence-corrected chi connectivity index (χ4v) is 3.38. The van der Waals surface area contributed by atoms with Gasteiger partial charge in [-0.2, -0.15) is 0 Å². The maximum Gasteiger partial charge on any atom is 0.270 e. The standard InChI is InChI=1S/C19H26N2O3/c1-4-9-21(13-16-6-5-10-24-16)19(22)18-11-14-7-8-15(23-3)12-17(14)20(18)2/h7-8,11-12,16H,4-6,9-10,13H2,1-3H3/t16-/m0/s1. The van der Waals surface area contributed by atoms with Crippen molar-refractivity contribution >= 4 is 16.8 Å². The van der Waals surface area contributed by atoms with Crippen molar-refractivity contribution in [1.29, 1.82) is 0 Å². The van der Waals surface area contributed by atoms with Gasteiger partial charge in [-0.25, -0.2) is 0 Å². The van der Waals surface area contributed by atoms with E-state index in [4.69, 9.17) is 9.47 Å². The second kappa shape index (κ2) is 7.26. The van der Waals surface area contributed by atoms with Crippen LogP contribution in [0, 0.1) is 0 Å². The van der Waals surface area contributed by atoms with Gasteiger partial charge in [-0.15, -0.1) is 0 Å². The van der Waals surface area contributed by atoms with Gasteiger partial charge >= 0.3 is 0 Å². The molecule has 0 saturated carbocycles. The van der Waals surface area contributed by atoms with Crippen LogP contribution in [0.25, 0.3) is 10.9 Å². The van der Waals surface area contributed by atoms with Gasteiger partial charge in [-0.05, 0) is 37.5 Å². The second-order valence-electron chi connectivity index (χ2n) is 6.40. The third-order valence-corrected chi connectivity index (χ3v) is 4.70. The lowest BCUT2D eigenvalue weighted by atomic mass is 10.2. The summed E-state index contributed by atoms with van der Waals surface area (Å²) in [5.41, 5.74) is 1.72. The predicted molar refractivity (Wildman–Crippen MR) is 94.6 cm³/mol. The fraction of sp³-hybridized carbons (Fsp3) is 0.526. The van der Waals surface area contributed by atoms with Crippen molar-refractivity contribution in [3.05, 3.63) is 30.0 Å². The van der Waals surface area contributed by atoms with Crippen LogP contribution >= 0.6 is 0 Å². The first-order valence-electron chi connectivity index (χ1n) is 8.68. The molecule has 1 atom stereocenters. The Kier molecular flexibility index (Phi) is 5.09. The van der Waals surface area contributed by atoms with Crippen molar-refractivity contribution < 1.29 is 14.3 Å². The lowest BCUT2D eigenvalue weighted by molar-refractivity contribution is 0.0519. The van der Waals surface area contributed by atoms with E-state index in [1.807, 2.05) is 40.8 Å². The highest BCUT2D eigenvalue weighted by atomic mass is 16.5. The van der Waals surface area contributed by atoms with Gasteiger partial charge < -0.3 is 18.9 Å². The van der Waals surface area contributed by atoms with Gasteiger partial charge in [-0.1, -0.05) is 6.92 Å². The zero-order chi connectivity index (χ0) is 17.1. The molecule has 0 N–H and O–H groups in total. The number of benzene rings is 1. The van der Waals surface area contributed by atoms with E-state index >= 15 is 0 Å². The number of ether oxygens (including phenoxy) is 2. The number of aromatic nitrogens is 1. The van der Waals surface area contributed by atoms with Crippen molar-refractivity contribution in [2.24, 2.45) is 7.05 Å². The number of carbonyl (C=O) groups is 1. The minimum atomic E-state index is 0.0741. The Morgan fingerprint density at radius 1 is 1.42 bits per heavy atom. The molecule has 1 aromatic carbocycles. The molecule has 130 valence electrons. The monoisotopic (exact) mass is 330 g/mol. The molecule has 2 heterocycles. The average Bonchev–Trinajstić information content (AvgIpc) is 3.22. The molecule has 1 saturated heterocycles. The van der Waals surface area contributed by atoms with Crippen LogP contribution in [-0.2, 0) is 11.8 Å².